The summed E-state index contributed by atoms with van der Waals surface area (Å²) in [6.07, 6.45) is 1.69. The summed E-state index contributed by atoms with van der Waals surface area (Å²) in [7, 11) is 0. The molecule has 5 aromatic rings. The Morgan fingerprint density at radius 1 is 0.788 bits per heavy atom. The molecule has 2 aromatic carbocycles. The number of pyridine rings is 1. The van der Waals surface area contributed by atoms with Crippen LogP contribution < -0.4 is 10.6 Å². The van der Waals surface area contributed by atoms with Gasteiger partial charge in [0.05, 0.1) is 15.7 Å². The third kappa shape index (κ3) is 4.48. The zero-order valence-electron chi connectivity index (χ0n) is 16.9. The Kier molecular flexibility index (Phi) is 5.60. The first kappa shape index (κ1) is 20.9. The zero-order chi connectivity index (χ0) is 22.8. The van der Waals surface area contributed by atoms with E-state index in [9.17, 15) is 4.79 Å². The van der Waals surface area contributed by atoms with Crippen LogP contribution in [0.2, 0.25) is 10.0 Å². The summed E-state index contributed by atoms with van der Waals surface area (Å²) in [4.78, 5) is 16.8. The molecule has 0 saturated carbocycles. The number of hydrogen-bond donors (Lipinski definition) is 2. The number of urea groups is 1. The highest BCUT2D eigenvalue weighted by molar-refractivity contribution is 6.42. The van der Waals surface area contributed by atoms with E-state index in [4.69, 9.17) is 23.2 Å². The molecular weight excluding hydrogens is 461 g/mol. The van der Waals surface area contributed by atoms with Crippen LogP contribution in [-0.4, -0.2) is 30.8 Å². The minimum atomic E-state index is -0.412. The molecule has 2 N–H and O–H groups in total. The predicted octanol–water partition coefficient (Wildman–Crippen LogP) is 5.80. The minimum absolute atomic E-state index is 0.358. The van der Waals surface area contributed by atoms with E-state index in [2.05, 4.69) is 30.9 Å². The van der Waals surface area contributed by atoms with E-state index < -0.39 is 6.03 Å². The van der Waals surface area contributed by atoms with E-state index in [0.29, 0.717) is 44.3 Å². The lowest BCUT2D eigenvalue weighted by Gasteiger charge is -2.10. The molecule has 0 saturated heterocycles. The lowest BCUT2D eigenvalue weighted by molar-refractivity contribution is 0.262. The molecular formula is C23H15Cl2N7O. The summed E-state index contributed by atoms with van der Waals surface area (Å²) in [6.45, 7) is 0. The Hall–Kier alpha value is -4.01. The minimum Gasteiger partial charge on any atom is -0.308 e. The maximum absolute atomic E-state index is 12.4. The fourth-order valence-corrected chi connectivity index (χ4v) is 3.52. The fourth-order valence-electron chi connectivity index (χ4n) is 3.22. The van der Waals surface area contributed by atoms with E-state index >= 15 is 0 Å². The van der Waals surface area contributed by atoms with Crippen molar-refractivity contribution in [1.29, 1.82) is 0 Å². The second-order valence-electron chi connectivity index (χ2n) is 7.02. The summed E-state index contributed by atoms with van der Waals surface area (Å²) in [6, 6.07) is 21.1. The number of fused-ring (bicyclic) bond motifs is 1. The van der Waals surface area contributed by atoms with Gasteiger partial charge in [0.2, 0.25) is 5.82 Å². The van der Waals surface area contributed by atoms with Crippen LogP contribution in [-0.2, 0) is 0 Å². The third-order valence-corrected chi connectivity index (χ3v) is 5.49. The molecule has 162 valence electrons. The van der Waals surface area contributed by atoms with E-state index in [0.717, 1.165) is 5.56 Å². The normalized spacial score (nSPS) is 10.8. The highest BCUT2D eigenvalue weighted by Crippen LogP contribution is 2.26. The number of benzene rings is 2. The molecule has 10 heteroatoms. The van der Waals surface area contributed by atoms with Crippen molar-refractivity contribution in [2.75, 3.05) is 10.6 Å². The molecule has 0 aliphatic rings. The van der Waals surface area contributed by atoms with E-state index in [1.54, 1.807) is 35.0 Å². The number of rotatable bonds is 4. The number of halogens is 2. The van der Waals surface area contributed by atoms with Gasteiger partial charge in [0.25, 0.3) is 0 Å². The van der Waals surface area contributed by atoms with Gasteiger partial charge in [-0.1, -0.05) is 41.4 Å². The number of amides is 2. The van der Waals surface area contributed by atoms with Crippen molar-refractivity contribution in [3.8, 4) is 22.8 Å². The molecule has 0 radical (unpaired) electrons. The van der Waals surface area contributed by atoms with Crippen molar-refractivity contribution < 1.29 is 4.79 Å². The van der Waals surface area contributed by atoms with Crippen molar-refractivity contribution in [3.63, 3.8) is 0 Å². The van der Waals surface area contributed by atoms with Gasteiger partial charge in [0.15, 0.2) is 5.65 Å². The smallest absolute Gasteiger partial charge is 0.308 e. The number of nitrogens with one attached hydrogen (secondary N) is 2. The fraction of sp³-hybridized carbons (Fsp3) is 0. The maximum Gasteiger partial charge on any atom is 0.323 e. The Morgan fingerprint density at radius 2 is 1.64 bits per heavy atom. The predicted molar refractivity (Wildman–Crippen MR) is 129 cm³/mol. The van der Waals surface area contributed by atoms with Gasteiger partial charge in [0, 0.05) is 23.1 Å². The number of hydrogen-bond acceptors (Lipinski definition) is 5. The Labute approximate surface area is 198 Å². The molecule has 3 aromatic heterocycles. The largest absolute Gasteiger partial charge is 0.323 e. The highest BCUT2D eigenvalue weighted by Gasteiger charge is 2.12. The Balaban J connectivity index is 1.39. The number of aromatic nitrogens is 5. The highest BCUT2D eigenvalue weighted by atomic mass is 35.5. The molecule has 2 amide bonds. The van der Waals surface area contributed by atoms with Crippen LogP contribution >= 0.6 is 23.2 Å². The molecule has 33 heavy (non-hydrogen) atoms. The summed E-state index contributed by atoms with van der Waals surface area (Å²) in [5.74, 6) is 0.544. The van der Waals surface area contributed by atoms with Crippen molar-refractivity contribution >= 4 is 46.3 Å². The van der Waals surface area contributed by atoms with Crippen molar-refractivity contribution in [1.82, 2.24) is 24.8 Å². The second kappa shape index (κ2) is 8.85. The second-order valence-corrected chi connectivity index (χ2v) is 7.83. The molecule has 0 spiro atoms. The van der Waals surface area contributed by atoms with Gasteiger partial charge in [-0.25, -0.2) is 4.79 Å². The van der Waals surface area contributed by atoms with Crippen molar-refractivity contribution in [2.24, 2.45) is 0 Å². The number of anilines is 2. The Bertz CT molecular complexity index is 1470. The third-order valence-electron chi connectivity index (χ3n) is 4.75. The van der Waals surface area contributed by atoms with Gasteiger partial charge in [-0.3, -0.25) is 4.98 Å². The van der Waals surface area contributed by atoms with Gasteiger partial charge in [-0.05, 0) is 54.6 Å². The maximum atomic E-state index is 12.4. The molecule has 8 nitrogen and oxygen atoms in total. The first-order chi connectivity index (χ1) is 16.1. The lowest BCUT2D eigenvalue weighted by atomic mass is 10.1. The van der Waals surface area contributed by atoms with Crippen LogP contribution in [0.5, 0.6) is 0 Å². The summed E-state index contributed by atoms with van der Waals surface area (Å²) in [5, 5.41) is 19.4. The summed E-state index contributed by atoms with van der Waals surface area (Å²) >= 11 is 11.9. The van der Waals surface area contributed by atoms with Gasteiger partial charge in [-0.15, -0.1) is 10.2 Å². The Morgan fingerprint density at radius 3 is 2.42 bits per heavy atom. The van der Waals surface area contributed by atoms with Gasteiger partial charge in [-0.2, -0.15) is 9.61 Å². The van der Waals surface area contributed by atoms with Gasteiger partial charge >= 0.3 is 6.03 Å². The molecule has 0 unspecified atom stereocenters. The monoisotopic (exact) mass is 475 g/mol. The molecule has 0 aliphatic carbocycles. The molecule has 5 rings (SSSR count). The number of nitrogens with zero attached hydrogens (tertiary/aromatic N) is 5. The lowest BCUT2D eigenvalue weighted by Crippen LogP contribution is -2.19. The number of carbonyl (C=O) groups is 1. The van der Waals surface area contributed by atoms with Crippen LogP contribution in [0, 0.1) is 0 Å². The summed E-state index contributed by atoms with van der Waals surface area (Å²) in [5.41, 5.74) is 3.90. The van der Waals surface area contributed by atoms with Crippen LogP contribution in [0.3, 0.4) is 0 Å². The van der Waals surface area contributed by atoms with Crippen molar-refractivity contribution in [2.45, 2.75) is 0 Å². The average molecular weight is 476 g/mol. The van der Waals surface area contributed by atoms with Crippen LogP contribution in [0.15, 0.2) is 79.0 Å². The zero-order valence-corrected chi connectivity index (χ0v) is 18.4. The topological polar surface area (TPSA) is 97.1 Å². The standard InChI is InChI=1S/C23H15Cl2N7O/c24-17-8-7-16(13-18(17)25)28-23(33)27-15-5-3-4-14(12-15)19-9-10-21-29-30-22(32(21)31-19)20-6-1-2-11-26-20/h1-13H,(H2,27,28,33). The van der Waals surface area contributed by atoms with Crippen molar-refractivity contribution in [3.05, 3.63) is 89.0 Å². The SMILES string of the molecule is O=C(Nc1cccc(-c2ccc3nnc(-c4ccccn4)n3n2)c1)Nc1ccc(Cl)c(Cl)c1. The first-order valence-corrected chi connectivity index (χ1v) is 10.6. The molecule has 0 atom stereocenters. The van der Waals surface area contributed by atoms with E-state index in [1.165, 1.54) is 0 Å². The van der Waals surface area contributed by atoms with Crippen LogP contribution in [0.1, 0.15) is 0 Å². The first-order valence-electron chi connectivity index (χ1n) is 9.84. The van der Waals surface area contributed by atoms with E-state index in [-0.39, 0.29) is 0 Å². The van der Waals surface area contributed by atoms with Crippen LogP contribution in [0.4, 0.5) is 16.2 Å². The molecule has 0 fully saturated rings. The van der Waals surface area contributed by atoms with Crippen LogP contribution in [0.25, 0.3) is 28.4 Å². The average Bonchev–Trinajstić information content (AvgIpc) is 3.25. The quantitative estimate of drug-likeness (QED) is 0.342. The summed E-state index contributed by atoms with van der Waals surface area (Å²) < 4.78 is 1.65. The molecule has 3 heterocycles. The molecule has 0 bridgehead atoms. The van der Waals surface area contributed by atoms with E-state index in [1.807, 2.05) is 48.5 Å². The van der Waals surface area contributed by atoms with Gasteiger partial charge < -0.3 is 10.6 Å². The number of carbonyl (C=O) groups excluding carboxylic acids is 1. The molecule has 0 aliphatic heterocycles. The van der Waals surface area contributed by atoms with Gasteiger partial charge in [0.1, 0.15) is 5.69 Å².